The summed E-state index contributed by atoms with van der Waals surface area (Å²) in [6, 6.07) is 17.5. The summed E-state index contributed by atoms with van der Waals surface area (Å²) in [7, 11) is 1.99. The lowest BCUT2D eigenvalue weighted by molar-refractivity contribution is 0.124. The van der Waals surface area contributed by atoms with E-state index in [4.69, 9.17) is 11.6 Å². The Bertz CT molecular complexity index is 515. The number of aliphatic hydroxyl groups excluding tert-OH is 1. The lowest BCUT2D eigenvalue weighted by Gasteiger charge is -2.21. The fraction of sp³-hybridized carbons (Fsp3) is 0.250. The van der Waals surface area contributed by atoms with Crippen LogP contribution in [-0.2, 0) is 6.54 Å². The van der Waals surface area contributed by atoms with Crippen LogP contribution in [0.15, 0.2) is 54.6 Å². The highest BCUT2D eigenvalue weighted by molar-refractivity contribution is 6.30. The molecule has 1 N–H and O–H groups in total. The van der Waals surface area contributed by atoms with Crippen LogP contribution in [0.25, 0.3) is 0 Å². The van der Waals surface area contributed by atoms with Crippen molar-refractivity contribution in [1.29, 1.82) is 0 Å². The van der Waals surface area contributed by atoms with Crippen molar-refractivity contribution in [2.75, 3.05) is 13.6 Å². The highest BCUT2D eigenvalue weighted by Crippen LogP contribution is 2.16. The molecule has 2 aromatic rings. The van der Waals surface area contributed by atoms with E-state index in [1.54, 1.807) is 0 Å². The molecule has 0 bridgehead atoms. The zero-order chi connectivity index (χ0) is 13.7. The summed E-state index contributed by atoms with van der Waals surface area (Å²) < 4.78 is 0. The van der Waals surface area contributed by atoms with Crippen LogP contribution >= 0.6 is 11.6 Å². The molecule has 1 unspecified atom stereocenters. The molecule has 1 atom stereocenters. The Labute approximate surface area is 119 Å². The van der Waals surface area contributed by atoms with Crippen molar-refractivity contribution in [3.8, 4) is 0 Å². The zero-order valence-electron chi connectivity index (χ0n) is 11.0. The average molecular weight is 276 g/mol. The molecule has 0 fully saturated rings. The van der Waals surface area contributed by atoms with Crippen LogP contribution < -0.4 is 0 Å². The van der Waals surface area contributed by atoms with Gasteiger partial charge in [-0.1, -0.05) is 54.1 Å². The highest BCUT2D eigenvalue weighted by atomic mass is 35.5. The molecule has 2 rings (SSSR count). The maximum absolute atomic E-state index is 10.2. The van der Waals surface area contributed by atoms with Crippen molar-refractivity contribution >= 4 is 11.6 Å². The molecule has 0 radical (unpaired) electrons. The number of halogens is 1. The Hall–Kier alpha value is -1.35. The second-order valence-corrected chi connectivity index (χ2v) is 5.19. The first kappa shape index (κ1) is 14.1. The standard InChI is InChI=1S/C16H18ClNO/c1-18(11-13-6-5-9-15(17)10-13)12-16(19)14-7-3-2-4-8-14/h2-10,16,19H,11-12H2,1H3. The van der Waals surface area contributed by atoms with Gasteiger partial charge in [0.05, 0.1) is 6.10 Å². The Morgan fingerprint density at radius 3 is 2.53 bits per heavy atom. The van der Waals surface area contributed by atoms with E-state index < -0.39 is 6.10 Å². The zero-order valence-corrected chi connectivity index (χ0v) is 11.7. The van der Waals surface area contributed by atoms with Crippen LogP contribution in [-0.4, -0.2) is 23.6 Å². The normalized spacial score (nSPS) is 12.6. The lowest BCUT2D eigenvalue weighted by Crippen LogP contribution is -2.24. The number of benzene rings is 2. The van der Waals surface area contributed by atoms with Gasteiger partial charge >= 0.3 is 0 Å². The number of nitrogens with zero attached hydrogens (tertiary/aromatic N) is 1. The number of rotatable bonds is 5. The van der Waals surface area contributed by atoms with Gasteiger partial charge in [-0.2, -0.15) is 0 Å². The Kier molecular flexibility index (Phi) is 4.97. The first-order valence-corrected chi connectivity index (χ1v) is 6.69. The third-order valence-corrected chi connectivity index (χ3v) is 3.25. The summed E-state index contributed by atoms with van der Waals surface area (Å²) >= 11 is 5.96. The van der Waals surface area contributed by atoms with Gasteiger partial charge in [-0.3, -0.25) is 4.90 Å². The minimum atomic E-state index is -0.467. The summed E-state index contributed by atoms with van der Waals surface area (Å²) in [6.45, 7) is 1.36. The van der Waals surface area contributed by atoms with Crippen LogP contribution in [0.5, 0.6) is 0 Å². The summed E-state index contributed by atoms with van der Waals surface area (Å²) in [4.78, 5) is 2.09. The highest BCUT2D eigenvalue weighted by Gasteiger charge is 2.10. The van der Waals surface area contributed by atoms with Gasteiger partial charge in [0.2, 0.25) is 0 Å². The molecule has 0 aliphatic heterocycles. The summed E-state index contributed by atoms with van der Waals surface area (Å²) in [5.41, 5.74) is 2.09. The van der Waals surface area contributed by atoms with Gasteiger partial charge in [-0.25, -0.2) is 0 Å². The summed E-state index contributed by atoms with van der Waals surface area (Å²) in [5.74, 6) is 0. The number of aliphatic hydroxyl groups is 1. The van der Waals surface area contributed by atoms with Gasteiger partial charge in [-0.15, -0.1) is 0 Å². The van der Waals surface area contributed by atoms with Gasteiger partial charge in [0.1, 0.15) is 0 Å². The van der Waals surface area contributed by atoms with Crippen molar-refractivity contribution in [2.45, 2.75) is 12.6 Å². The van der Waals surface area contributed by atoms with Gasteiger partial charge < -0.3 is 5.11 Å². The SMILES string of the molecule is CN(Cc1cccc(Cl)c1)CC(O)c1ccccc1. The molecular formula is C16H18ClNO. The van der Waals surface area contributed by atoms with Crippen molar-refractivity contribution < 1.29 is 5.11 Å². The molecule has 0 heterocycles. The van der Waals surface area contributed by atoms with Crippen LogP contribution in [0.1, 0.15) is 17.2 Å². The molecule has 0 aliphatic carbocycles. The topological polar surface area (TPSA) is 23.5 Å². The molecule has 0 aromatic heterocycles. The maximum Gasteiger partial charge on any atom is 0.0916 e. The molecule has 2 nitrogen and oxygen atoms in total. The van der Waals surface area contributed by atoms with Gasteiger partial charge in [0, 0.05) is 18.1 Å². The van der Waals surface area contributed by atoms with Crippen molar-refractivity contribution in [2.24, 2.45) is 0 Å². The number of hydrogen-bond acceptors (Lipinski definition) is 2. The maximum atomic E-state index is 10.2. The van der Waals surface area contributed by atoms with Crippen LogP contribution in [0, 0.1) is 0 Å². The summed E-state index contributed by atoms with van der Waals surface area (Å²) in [5, 5.41) is 10.9. The molecule has 0 amide bonds. The molecule has 0 spiro atoms. The largest absolute Gasteiger partial charge is 0.387 e. The molecule has 0 saturated carbocycles. The van der Waals surface area contributed by atoms with E-state index in [9.17, 15) is 5.11 Å². The third-order valence-electron chi connectivity index (χ3n) is 3.01. The summed E-state index contributed by atoms with van der Waals surface area (Å²) in [6.07, 6.45) is -0.467. The average Bonchev–Trinajstić information content (AvgIpc) is 2.39. The predicted octanol–water partition coefficient (Wildman–Crippen LogP) is 3.51. The van der Waals surface area contributed by atoms with E-state index in [2.05, 4.69) is 4.90 Å². The minimum absolute atomic E-state index is 0.467. The van der Waals surface area contributed by atoms with E-state index in [0.717, 1.165) is 22.7 Å². The Morgan fingerprint density at radius 1 is 1.11 bits per heavy atom. The fourth-order valence-corrected chi connectivity index (χ4v) is 2.30. The van der Waals surface area contributed by atoms with E-state index >= 15 is 0 Å². The lowest BCUT2D eigenvalue weighted by atomic mass is 10.1. The fourth-order valence-electron chi connectivity index (χ4n) is 2.09. The van der Waals surface area contributed by atoms with E-state index in [0.29, 0.717) is 6.54 Å². The van der Waals surface area contributed by atoms with Crippen molar-refractivity contribution in [1.82, 2.24) is 4.90 Å². The van der Waals surface area contributed by atoms with Crippen LogP contribution in [0.2, 0.25) is 5.02 Å². The van der Waals surface area contributed by atoms with Crippen molar-refractivity contribution in [3.05, 3.63) is 70.7 Å². The molecule has 19 heavy (non-hydrogen) atoms. The number of hydrogen-bond donors (Lipinski definition) is 1. The van der Waals surface area contributed by atoms with Gasteiger partial charge in [0.15, 0.2) is 0 Å². The molecule has 0 saturated heterocycles. The molecule has 3 heteroatoms. The third kappa shape index (κ3) is 4.35. The first-order chi connectivity index (χ1) is 9.15. The first-order valence-electron chi connectivity index (χ1n) is 6.31. The van der Waals surface area contributed by atoms with E-state index in [1.807, 2.05) is 61.6 Å². The monoisotopic (exact) mass is 275 g/mol. The van der Waals surface area contributed by atoms with Crippen LogP contribution in [0.3, 0.4) is 0 Å². The molecular weight excluding hydrogens is 258 g/mol. The van der Waals surface area contributed by atoms with E-state index in [1.165, 1.54) is 0 Å². The Morgan fingerprint density at radius 2 is 1.84 bits per heavy atom. The van der Waals surface area contributed by atoms with Gasteiger partial charge in [-0.05, 0) is 30.3 Å². The second-order valence-electron chi connectivity index (χ2n) is 4.75. The second kappa shape index (κ2) is 6.71. The number of likely N-dealkylation sites (N-methyl/N-ethyl adjacent to an activating group) is 1. The predicted molar refractivity (Wildman–Crippen MR) is 79.2 cm³/mol. The molecule has 100 valence electrons. The molecule has 0 aliphatic rings. The van der Waals surface area contributed by atoms with E-state index in [-0.39, 0.29) is 0 Å². The van der Waals surface area contributed by atoms with Gasteiger partial charge in [0.25, 0.3) is 0 Å². The van der Waals surface area contributed by atoms with Crippen LogP contribution in [0.4, 0.5) is 0 Å². The Balaban J connectivity index is 1.92. The molecule has 2 aromatic carbocycles. The quantitative estimate of drug-likeness (QED) is 0.903. The smallest absolute Gasteiger partial charge is 0.0916 e. The minimum Gasteiger partial charge on any atom is -0.387 e. The van der Waals surface area contributed by atoms with Crippen molar-refractivity contribution in [3.63, 3.8) is 0 Å².